The molecule has 4 nitrogen and oxygen atoms in total. The van der Waals surface area contributed by atoms with E-state index in [0.717, 1.165) is 0 Å². The summed E-state index contributed by atoms with van der Waals surface area (Å²) in [5, 5.41) is 2.54. The molecule has 0 bridgehead atoms. The standard InChI is InChI=1S/C14H16FNO3/c1-2-19-14(18)8-9-16-13(17)7-6-11-4-3-5-12(15)10-11/h3-7,10H,2,8-9H2,1H3,(H,16,17). The van der Waals surface area contributed by atoms with Crippen LogP contribution in [0, 0.1) is 5.82 Å². The van der Waals surface area contributed by atoms with E-state index in [1.165, 1.54) is 24.3 Å². The summed E-state index contributed by atoms with van der Waals surface area (Å²) in [6.45, 7) is 2.26. The fraction of sp³-hybridized carbons (Fsp3) is 0.286. The molecule has 1 rings (SSSR count). The quantitative estimate of drug-likeness (QED) is 0.631. The van der Waals surface area contributed by atoms with Crippen molar-refractivity contribution in [2.75, 3.05) is 13.2 Å². The summed E-state index contributed by atoms with van der Waals surface area (Å²) in [4.78, 5) is 22.4. The fourth-order valence-electron chi connectivity index (χ4n) is 1.36. The molecule has 0 saturated carbocycles. The highest BCUT2D eigenvalue weighted by atomic mass is 19.1. The summed E-state index contributed by atoms with van der Waals surface area (Å²) < 4.78 is 17.6. The van der Waals surface area contributed by atoms with Crippen molar-refractivity contribution in [1.82, 2.24) is 5.32 Å². The highest BCUT2D eigenvalue weighted by Gasteiger charge is 2.02. The first-order valence-corrected chi connectivity index (χ1v) is 5.99. The second kappa shape index (κ2) is 8.02. The van der Waals surface area contributed by atoms with Gasteiger partial charge in [0, 0.05) is 12.6 Å². The molecule has 1 amide bonds. The first kappa shape index (κ1) is 14.9. The van der Waals surface area contributed by atoms with Crippen LogP contribution in [0.5, 0.6) is 0 Å². The Morgan fingerprint density at radius 1 is 1.42 bits per heavy atom. The van der Waals surface area contributed by atoms with Crippen molar-refractivity contribution in [3.63, 3.8) is 0 Å². The lowest BCUT2D eigenvalue weighted by Gasteiger charge is -2.02. The van der Waals surface area contributed by atoms with Crippen LogP contribution >= 0.6 is 0 Å². The number of amides is 1. The second-order valence-electron chi connectivity index (χ2n) is 3.73. The summed E-state index contributed by atoms with van der Waals surface area (Å²) in [6, 6.07) is 5.90. The van der Waals surface area contributed by atoms with Crippen LogP contribution in [-0.2, 0) is 14.3 Å². The second-order valence-corrected chi connectivity index (χ2v) is 3.73. The minimum absolute atomic E-state index is 0.132. The third-order valence-electron chi connectivity index (χ3n) is 2.21. The zero-order valence-electron chi connectivity index (χ0n) is 10.7. The monoisotopic (exact) mass is 265 g/mol. The van der Waals surface area contributed by atoms with E-state index in [1.54, 1.807) is 19.1 Å². The van der Waals surface area contributed by atoms with Crippen molar-refractivity contribution in [3.05, 3.63) is 41.7 Å². The van der Waals surface area contributed by atoms with E-state index < -0.39 is 0 Å². The largest absolute Gasteiger partial charge is 0.466 e. The Morgan fingerprint density at radius 2 is 2.21 bits per heavy atom. The summed E-state index contributed by atoms with van der Waals surface area (Å²) in [7, 11) is 0. The maximum Gasteiger partial charge on any atom is 0.307 e. The van der Waals surface area contributed by atoms with E-state index in [0.29, 0.717) is 12.2 Å². The molecule has 0 unspecified atom stereocenters. The van der Waals surface area contributed by atoms with Gasteiger partial charge < -0.3 is 10.1 Å². The number of carbonyl (C=O) groups excluding carboxylic acids is 2. The minimum Gasteiger partial charge on any atom is -0.466 e. The number of hydrogen-bond acceptors (Lipinski definition) is 3. The number of esters is 1. The third-order valence-corrected chi connectivity index (χ3v) is 2.21. The number of ether oxygens (including phenoxy) is 1. The molecule has 1 N–H and O–H groups in total. The van der Waals surface area contributed by atoms with Crippen molar-refractivity contribution >= 4 is 18.0 Å². The molecule has 0 atom stereocenters. The van der Waals surface area contributed by atoms with Gasteiger partial charge >= 0.3 is 5.97 Å². The molecule has 0 heterocycles. The molecule has 0 aliphatic heterocycles. The predicted molar refractivity (Wildman–Crippen MR) is 69.7 cm³/mol. The van der Waals surface area contributed by atoms with Gasteiger partial charge in [-0.2, -0.15) is 0 Å². The molecule has 0 spiro atoms. The van der Waals surface area contributed by atoms with Crippen molar-refractivity contribution in [2.24, 2.45) is 0 Å². The van der Waals surface area contributed by atoms with Crippen LogP contribution in [0.4, 0.5) is 4.39 Å². The van der Waals surface area contributed by atoms with Crippen molar-refractivity contribution in [2.45, 2.75) is 13.3 Å². The van der Waals surface area contributed by atoms with E-state index in [2.05, 4.69) is 5.32 Å². The molecule has 0 aromatic heterocycles. The molecule has 0 radical (unpaired) electrons. The average Bonchev–Trinajstić information content (AvgIpc) is 2.37. The topological polar surface area (TPSA) is 55.4 Å². The summed E-state index contributed by atoms with van der Waals surface area (Å²) in [5.74, 6) is -1.05. The van der Waals surface area contributed by atoms with E-state index in [-0.39, 0.29) is 30.7 Å². The van der Waals surface area contributed by atoms with Gasteiger partial charge in [0.15, 0.2) is 0 Å². The molecule has 5 heteroatoms. The van der Waals surface area contributed by atoms with Crippen LogP contribution in [0.15, 0.2) is 30.3 Å². The maximum atomic E-state index is 12.9. The number of carbonyl (C=O) groups is 2. The van der Waals surface area contributed by atoms with Gasteiger partial charge in [0.05, 0.1) is 13.0 Å². The van der Waals surface area contributed by atoms with Gasteiger partial charge in [-0.3, -0.25) is 9.59 Å². The van der Waals surface area contributed by atoms with Gasteiger partial charge in [0.1, 0.15) is 5.82 Å². The van der Waals surface area contributed by atoms with Gasteiger partial charge in [-0.05, 0) is 30.7 Å². The van der Waals surface area contributed by atoms with Crippen LogP contribution in [0.2, 0.25) is 0 Å². The minimum atomic E-state index is -0.357. The lowest BCUT2D eigenvalue weighted by Crippen LogP contribution is -2.24. The van der Waals surface area contributed by atoms with Gasteiger partial charge in [-0.15, -0.1) is 0 Å². The molecule has 1 aromatic carbocycles. The SMILES string of the molecule is CCOC(=O)CCNC(=O)C=Cc1cccc(F)c1. The fourth-order valence-corrected chi connectivity index (χ4v) is 1.36. The summed E-state index contributed by atoms with van der Waals surface area (Å²) in [5.41, 5.74) is 0.598. The predicted octanol–water partition coefficient (Wildman–Crippen LogP) is 1.91. The van der Waals surface area contributed by atoms with Crippen LogP contribution in [-0.4, -0.2) is 25.0 Å². The van der Waals surface area contributed by atoms with E-state index in [4.69, 9.17) is 4.74 Å². The van der Waals surface area contributed by atoms with Crippen LogP contribution in [0.1, 0.15) is 18.9 Å². The molecule has 102 valence electrons. The first-order valence-electron chi connectivity index (χ1n) is 5.99. The maximum absolute atomic E-state index is 12.9. The highest BCUT2D eigenvalue weighted by Crippen LogP contribution is 2.04. The summed E-state index contributed by atoms with van der Waals surface area (Å²) >= 11 is 0. The Bertz CT molecular complexity index is 472. The van der Waals surface area contributed by atoms with Gasteiger partial charge in [0.25, 0.3) is 0 Å². The van der Waals surface area contributed by atoms with Crippen molar-refractivity contribution in [1.29, 1.82) is 0 Å². The Hall–Kier alpha value is -2.17. The molecule has 0 aliphatic carbocycles. The number of nitrogens with one attached hydrogen (secondary N) is 1. The summed E-state index contributed by atoms with van der Waals surface area (Å²) in [6.07, 6.45) is 2.93. The molecule has 0 aliphatic rings. The first-order chi connectivity index (χ1) is 9.11. The number of hydrogen-bond donors (Lipinski definition) is 1. The third kappa shape index (κ3) is 6.35. The molecular formula is C14H16FNO3. The number of rotatable bonds is 6. The number of halogens is 1. The van der Waals surface area contributed by atoms with Gasteiger partial charge in [-0.25, -0.2) is 4.39 Å². The Morgan fingerprint density at radius 3 is 2.89 bits per heavy atom. The van der Waals surface area contributed by atoms with Crippen molar-refractivity contribution < 1.29 is 18.7 Å². The lowest BCUT2D eigenvalue weighted by molar-refractivity contribution is -0.142. The molecule has 0 saturated heterocycles. The molecule has 1 aromatic rings. The van der Waals surface area contributed by atoms with E-state index >= 15 is 0 Å². The molecular weight excluding hydrogens is 249 g/mol. The van der Waals surface area contributed by atoms with Crippen molar-refractivity contribution in [3.8, 4) is 0 Å². The van der Waals surface area contributed by atoms with Gasteiger partial charge in [-0.1, -0.05) is 12.1 Å². The number of benzene rings is 1. The van der Waals surface area contributed by atoms with E-state index in [1.807, 2.05) is 0 Å². The van der Waals surface area contributed by atoms with E-state index in [9.17, 15) is 14.0 Å². The Kier molecular flexibility index (Phi) is 6.29. The van der Waals surface area contributed by atoms with Crippen LogP contribution < -0.4 is 5.32 Å². The zero-order valence-corrected chi connectivity index (χ0v) is 10.7. The average molecular weight is 265 g/mol. The van der Waals surface area contributed by atoms with Crippen LogP contribution in [0.25, 0.3) is 6.08 Å². The van der Waals surface area contributed by atoms with Gasteiger partial charge in [0.2, 0.25) is 5.91 Å². The highest BCUT2D eigenvalue weighted by molar-refractivity contribution is 5.91. The smallest absolute Gasteiger partial charge is 0.307 e. The van der Waals surface area contributed by atoms with Crippen LogP contribution in [0.3, 0.4) is 0 Å². The molecule has 19 heavy (non-hydrogen) atoms. The Labute approximate surface area is 111 Å². The zero-order chi connectivity index (χ0) is 14.1. The Balaban J connectivity index is 2.33. The molecule has 0 fully saturated rings. The lowest BCUT2D eigenvalue weighted by atomic mass is 10.2. The normalized spacial score (nSPS) is 10.4.